The van der Waals surface area contributed by atoms with Gasteiger partial charge in [-0.1, -0.05) is 32.6 Å². The van der Waals surface area contributed by atoms with Crippen LogP contribution in [0.5, 0.6) is 0 Å². The van der Waals surface area contributed by atoms with E-state index in [2.05, 4.69) is 6.92 Å². The first-order valence-corrected chi connectivity index (χ1v) is 8.03. The first-order valence-electron chi connectivity index (χ1n) is 8.03. The smallest absolute Gasteiger partial charge is 0.0685 e. The molecule has 3 rings (SSSR count). The minimum absolute atomic E-state index is 0.232. The summed E-state index contributed by atoms with van der Waals surface area (Å²) >= 11 is 0. The number of hydrogen-bond acceptors (Lipinski definition) is 2. The number of ether oxygens (including phenoxy) is 1. The molecule has 0 amide bonds. The molecule has 3 fully saturated rings. The van der Waals surface area contributed by atoms with Crippen LogP contribution in [-0.4, -0.2) is 18.2 Å². The van der Waals surface area contributed by atoms with Crippen LogP contribution in [0.15, 0.2) is 0 Å². The van der Waals surface area contributed by atoms with Crippen molar-refractivity contribution in [2.75, 3.05) is 6.61 Å². The first kappa shape index (κ1) is 12.9. The van der Waals surface area contributed by atoms with E-state index >= 15 is 0 Å². The molecule has 2 heteroatoms. The molecule has 1 saturated heterocycles. The van der Waals surface area contributed by atoms with Crippen molar-refractivity contribution in [1.29, 1.82) is 0 Å². The van der Waals surface area contributed by atoms with Crippen LogP contribution in [-0.2, 0) is 4.74 Å². The summed E-state index contributed by atoms with van der Waals surface area (Å²) in [7, 11) is 0. The summed E-state index contributed by atoms with van der Waals surface area (Å²) in [6.07, 6.45) is 13.2. The zero-order valence-corrected chi connectivity index (χ0v) is 11.9. The summed E-state index contributed by atoms with van der Waals surface area (Å²) in [6.45, 7) is 3.38. The van der Waals surface area contributed by atoms with Crippen molar-refractivity contribution in [3.63, 3.8) is 0 Å². The largest absolute Gasteiger partial charge is 0.375 e. The number of hydrogen-bond donors (Lipinski definition) is 1. The van der Waals surface area contributed by atoms with E-state index < -0.39 is 0 Å². The molecule has 0 aromatic heterocycles. The van der Waals surface area contributed by atoms with Crippen molar-refractivity contribution in [2.24, 2.45) is 17.1 Å². The van der Waals surface area contributed by atoms with Crippen molar-refractivity contribution in [2.45, 2.75) is 82.8 Å². The molecule has 0 bridgehead atoms. The standard InChI is InChI=1S/C16H29NO/c1-15(7-2-3-8-15)14(17)13-6-11-18-16(12-13)9-4-5-10-16/h13-14H,2-12,17H2,1H3. The van der Waals surface area contributed by atoms with Gasteiger partial charge in [-0.05, 0) is 49.9 Å². The number of rotatable bonds is 2. The summed E-state index contributed by atoms with van der Waals surface area (Å²) in [5.74, 6) is 0.708. The molecule has 1 spiro atoms. The maximum Gasteiger partial charge on any atom is 0.0685 e. The Labute approximate surface area is 112 Å². The Hall–Kier alpha value is -0.0800. The Morgan fingerprint density at radius 2 is 1.67 bits per heavy atom. The van der Waals surface area contributed by atoms with Gasteiger partial charge in [0.1, 0.15) is 0 Å². The van der Waals surface area contributed by atoms with E-state index in [0.717, 1.165) is 6.61 Å². The van der Waals surface area contributed by atoms with E-state index in [-0.39, 0.29) is 5.60 Å². The van der Waals surface area contributed by atoms with Crippen molar-refractivity contribution in [3.8, 4) is 0 Å². The highest BCUT2D eigenvalue weighted by molar-refractivity contribution is 4.99. The average molecular weight is 251 g/mol. The van der Waals surface area contributed by atoms with E-state index in [1.54, 1.807) is 0 Å². The van der Waals surface area contributed by atoms with Crippen molar-refractivity contribution >= 4 is 0 Å². The van der Waals surface area contributed by atoms with Crippen LogP contribution in [0, 0.1) is 11.3 Å². The SMILES string of the molecule is CC1(C(N)C2CCOC3(CCCC3)C2)CCCC1. The van der Waals surface area contributed by atoms with Crippen molar-refractivity contribution in [3.05, 3.63) is 0 Å². The fourth-order valence-corrected chi connectivity index (χ4v) is 4.82. The van der Waals surface area contributed by atoms with Gasteiger partial charge in [-0.15, -0.1) is 0 Å². The van der Waals surface area contributed by atoms with Crippen LogP contribution in [0.1, 0.15) is 71.1 Å². The third kappa shape index (κ3) is 2.22. The fourth-order valence-electron chi connectivity index (χ4n) is 4.82. The molecule has 0 radical (unpaired) electrons. The second-order valence-corrected chi connectivity index (χ2v) is 7.38. The molecule has 0 aromatic carbocycles. The van der Waals surface area contributed by atoms with Gasteiger partial charge in [0.05, 0.1) is 5.60 Å². The lowest BCUT2D eigenvalue weighted by atomic mass is 9.70. The van der Waals surface area contributed by atoms with Crippen LogP contribution >= 0.6 is 0 Å². The zero-order chi connectivity index (χ0) is 12.6. The molecule has 2 saturated carbocycles. The second kappa shape index (κ2) is 4.79. The van der Waals surface area contributed by atoms with E-state index in [0.29, 0.717) is 17.4 Å². The molecule has 2 nitrogen and oxygen atoms in total. The quantitative estimate of drug-likeness (QED) is 0.813. The molecule has 3 aliphatic rings. The van der Waals surface area contributed by atoms with E-state index in [9.17, 15) is 0 Å². The van der Waals surface area contributed by atoms with Gasteiger partial charge in [0.2, 0.25) is 0 Å². The van der Waals surface area contributed by atoms with Crippen LogP contribution in [0.2, 0.25) is 0 Å². The lowest BCUT2D eigenvalue weighted by Crippen LogP contribution is -2.49. The third-order valence-electron chi connectivity index (χ3n) is 6.10. The molecule has 2 atom stereocenters. The number of nitrogens with two attached hydrogens (primary N) is 1. The molecule has 0 aromatic rings. The van der Waals surface area contributed by atoms with Gasteiger partial charge in [-0.3, -0.25) is 0 Å². The predicted octanol–water partition coefficient (Wildman–Crippen LogP) is 3.63. The summed E-state index contributed by atoms with van der Waals surface area (Å²) in [4.78, 5) is 0. The highest BCUT2D eigenvalue weighted by Crippen LogP contribution is 2.48. The van der Waals surface area contributed by atoms with Gasteiger partial charge in [0, 0.05) is 12.6 Å². The zero-order valence-electron chi connectivity index (χ0n) is 11.9. The molecular formula is C16H29NO. The molecule has 18 heavy (non-hydrogen) atoms. The monoisotopic (exact) mass is 251 g/mol. The normalized spacial score (nSPS) is 36.0. The lowest BCUT2D eigenvalue weighted by Gasteiger charge is -2.45. The maximum absolute atomic E-state index is 6.68. The van der Waals surface area contributed by atoms with Crippen LogP contribution in [0.25, 0.3) is 0 Å². The Kier molecular flexibility index (Phi) is 3.44. The predicted molar refractivity (Wildman–Crippen MR) is 74.4 cm³/mol. The third-order valence-corrected chi connectivity index (χ3v) is 6.10. The van der Waals surface area contributed by atoms with Crippen molar-refractivity contribution < 1.29 is 4.74 Å². The summed E-state index contributed by atoms with van der Waals surface area (Å²) in [5.41, 5.74) is 7.33. The Morgan fingerprint density at radius 3 is 2.33 bits per heavy atom. The van der Waals surface area contributed by atoms with Gasteiger partial charge in [0.25, 0.3) is 0 Å². The summed E-state index contributed by atoms with van der Waals surface area (Å²) < 4.78 is 6.15. The van der Waals surface area contributed by atoms with E-state index in [1.165, 1.54) is 64.2 Å². The van der Waals surface area contributed by atoms with Gasteiger partial charge < -0.3 is 10.5 Å². The molecule has 1 aliphatic heterocycles. The van der Waals surface area contributed by atoms with Crippen LogP contribution in [0.3, 0.4) is 0 Å². The van der Waals surface area contributed by atoms with E-state index in [1.807, 2.05) is 0 Å². The Bertz CT molecular complexity index is 279. The molecule has 1 heterocycles. The minimum atomic E-state index is 0.232. The lowest BCUT2D eigenvalue weighted by molar-refractivity contribution is -0.102. The van der Waals surface area contributed by atoms with Crippen LogP contribution < -0.4 is 5.73 Å². The second-order valence-electron chi connectivity index (χ2n) is 7.38. The minimum Gasteiger partial charge on any atom is -0.375 e. The molecule has 104 valence electrons. The fraction of sp³-hybridized carbons (Fsp3) is 1.00. The highest BCUT2D eigenvalue weighted by atomic mass is 16.5. The van der Waals surface area contributed by atoms with Gasteiger partial charge in [-0.25, -0.2) is 0 Å². The summed E-state index contributed by atoms with van der Waals surface area (Å²) in [6, 6.07) is 0.404. The molecular weight excluding hydrogens is 222 g/mol. The van der Waals surface area contributed by atoms with Gasteiger partial charge in [-0.2, -0.15) is 0 Å². The van der Waals surface area contributed by atoms with Gasteiger partial charge in [0.15, 0.2) is 0 Å². The average Bonchev–Trinajstić information content (AvgIpc) is 2.99. The maximum atomic E-state index is 6.68. The Balaban J connectivity index is 1.68. The molecule has 2 unspecified atom stereocenters. The topological polar surface area (TPSA) is 35.2 Å². The highest BCUT2D eigenvalue weighted by Gasteiger charge is 2.45. The van der Waals surface area contributed by atoms with E-state index in [4.69, 9.17) is 10.5 Å². The van der Waals surface area contributed by atoms with Crippen LogP contribution in [0.4, 0.5) is 0 Å². The van der Waals surface area contributed by atoms with Crippen molar-refractivity contribution in [1.82, 2.24) is 0 Å². The first-order chi connectivity index (χ1) is 8.64. The molecule has 2 N–H and O–H groups in total. The van der Waals surface area contributed by atoms with Gasteiger partial charge >= 0.3 is 0 Å². The molecule has 2 aliphatic carbocycles. The Morgan fingerprint density at radius 1 is 1.06 bits per heavy atom. The summed E-state index contributed by atoms with van der Waals surface area (Å²) in [5, 5.41) is 0.